The summed E-state index contributed by atoms with van der Waals surface area (Å²) >= 11 is 0. The first kappa shape index (κ1) is 38.3. The summed E-state index contributed by atoms with van der Waals surface area (Å²) < 4.78 is 0. The van der Waals surface area contributed by atoms with Crippen molar-refractivity contribution in [2.75, 3.05) is 0 Å². The fourth-order valence-electron chi connectivity index (χ4n) is 9.41. The molecule has 2 unspecified atom stereocenters. The smallest absolute Gasteiger partial charge is 0.172 e. The second-order valence-electron chi connectivity index (χ2n) is 15.7. The monoisotopic (exact) mass is 794 g/mol. The average molecular weight is 795 g/mol. The maximum Gasteiger partial charge on any atom is 0.172 e. The maximum absolute atomic E-state index is 15.9. The summed E-state index contributed by atoms with van der Waals surface area (Å²) in [6.07, 6.45) is 0. The Hall–Kier alpha value is -7.94. The molecule has 8 aromatic carbocycles. The normalized spacial score (nSPS) is 15.7. The van der Waals surface area contributed by atoms with E-state index in [1.165, 1.54) is 0 Å². The molecule has 0 aliphatic heterocycles. The third-order valence-corrected chi connectivity index (χ3v) is 12.1. The van der Waals surface area contributed by atoms with Crippen molar-refractivity contribution in [2.45, 2.75) is 0 Å². The van der Waals surface area contributed by atoms with Gasteiger partial charge in [0.25, 0.3) is 0 Å². The summed E-state index contributed by atoms with van der Waals surface area (Å²) in [4.78, 5) is 31.8. The van der Waals surface area contributed by atoms with Crippen molar-refractivity contribution >= 4 is 33.9 Å². The van der Waals surface area contributed by atoms with Crippen LogP contribution in [0.4, 0.5) is 0 Å². The lowest BCUT2D eigenvalue weighted by molar-refractivity contribution is -0.129. The van der Waals surface area contributed by atoms with E-state index in [1.54, 1.807) is 0 Å². The number of carbonyl (C=O) groups excluding carboxylic acids is 2. The van der Waals surface area contributed by atoms with Crippen molar-refractivity contribution < 1.29 is 9.59 Å². The number of ketones is 2. The van der Waals surface area contributed by atoms with E-state index in [0.29, 0.717) is 11.1 Å². The molecule has 2 saturated carbocycles. The van der Waals surface area contributed by atoms with Gasteiger partial charge in [0.15, 0.2) is 11.6 Å². The average Bonchev–Trinajstić information content (AvgIpc) is 3.35. The molecule has 62 heavy (non-hydrogen) atoms. The van der Waals surface area contributed by atoms with Gasteiger partial charge in [0.1, 0.15) is 0 Å². The largest absolute Gasteiger partial charge is 0.293 e. The predicted molar refractivity (Wildman–Crippen MR) is 253 cm³/mol. The lowest BCUT2D eigenvalue weighted by Crippen LogP contribution is -2.50. The fourth-order valence-corrected chi connectivity index (χ4v) is 9.41. The van der Waals surface area contributed by atoms with Crippen LogP contribution >= 0.6 is 0 Å². The van der Waals surface area contributed by atoms with E-state index in [1.807, 2.05) is 146 Å². The highest BCUT2D eigenvalue weighted by Gasteiger charge is 2.58. The van der Waals surface area contributed by atoms with Gasteiger partial charge >= 0.3 is 0 Å². The van der Waals surface area contributed by atoms with E-state index in [2.05, 4.69) is 97.1 Å². The lowest BCUT2D eigenvalue weighted by atomic mass is 9.52. The van der Waals surface area contributed by atoms with Crippen LogP contribution in [0.1, 0.15) is 44.5 Å². The van der Waals surface area contributed by atoms with Gasteiger partial charge in [-0.2, -0.15) is 0 Å². The minimum Gasteiger partial charge on any atom is -0.293 e. The zero-order valence-corrected chi connectivity index (χ0v) is 34.1. The number of hydrogen-bond acceptors (Lipinski definition) is 2. The van der Waals surface area contributed by atoms with Gasteiger partial charge in [-0.1, -0.05) is 243 Å². The number of benzene rings is 8. The molecule has 2 aliphatic carbocycles. The third-order valence-electron chi connectivity index (χ3n) is 12.1. The van der Waals surface area contributed by atoms with Gasteiger partial charge in [0.05, 0.1) is 11.8 Å². The van der Waals surface area contributed by atoms with E-state index in [-0.39, 0.29) is 11.6 Å². The Morgan fingerprint density at radius 2 is 0.387 bits per heavy atom. The topological polar surface area (TPSA) is 34.1 Å². The van der Waals surface area contributed by atoms with Crippen molar-refractivity contribution in [3.8, 4) is 0 Å². The van der Waals surface area contributed by atoms with E-state index >= 15 is 9.59 Å². The summed E-state index contributed by atoms with van der Waals surface area (Å²) in [5.74, 6) is -1.62. The van der Waals surface area contributed by atoms with Crippen LogP contribution in [0.15, 0.2) is 265 Å². The van der Waals surface area contributed by atoms with Crippen molar-refractivity contribution in [1.82, 2.24) is 0 Å². The van der Waals surface area contributed by atoms with Gasteiger partial charge in [-0.05, 0) is 66.8 Å². The summed E-state index contributed by atoms with van der Waals surface area (Å²) in [5.41, 5.74) is 14.4. The summed E-state index contributed by atoms with van der Waals surface area (Å²) in [5, 5.41) is 0. The first-order valence-corrected chi connectivity index (χ1v) is 21.2. The molecule has 0 N–H and O–H groups in total. The van der Waals surface area contributed by atoms with Gasteiger partial charge in [0.2, 0.25) is 0 Å². The Balaban J connectivity index is 1.34. The van der Waals surface area contributed by atoms with E-state index in [9.17, 15) is 0 Å². The molecule has 0 aromatic heterocycles. The Kier molecular flexibility index (Phi) is 10.5. The van der Waals surface area contributed by atoms with Crippen LogP contribution in [-0.4, -0.2) is 11.6 Å². The van der Waals surface area contributed by atoms with E-state index in [4.69, 9.17) is 0 Å². The van der Waals surface area contributed by atoms with Crippen LogP contribution in [0, 0.1) is 11.8 Å². The summed E-state index contributed by atoms with van der Waals surface area (Å²) in [7, 11) is 0. The van der Waals surface area contributed by atoms with E-state index < -0.39 is 11.8 Å². The predicted octanol–water partition coefficient (Wildman–Crippen LogP) is 13.4. The highest BCUT2D eigenvalue weighted by atomic mass is 16.1. The maximum atomic E-state index is 15.9. The minimum atomic E-state index is -0.774. The van der Waals surface area contributed by atoms with Crippen LogP contribution in [0.5, 0.6) is 0 Å². The molecule has 10 rings (SSSR count). The SMILES string of the molecule is O=C1C(=C(c2ccccc2)c2ccccc2)C(=C(c2ccccc2)c2ccccc2)C1C1C(=O)C(=C(c2ccccc2)c2ccccc2)C1=C(c1ccccc1)c1ccccc1. The van der Waals surface area contributed by atoms with Gasteiger partial charge < -0.3 is 0 Å². The van der Waals surface area contributed by atoms with Crippen LogP contribution in [0.25, 0.3) is 22.3 Å². The molecule has 0 spiro atoms. The van der Waals surface area contributed by atoms with Crippen LogP contribution in [0.2, 0.25) is 0 Å². The number of carbonyl (C=O) groups is 2. The first-order chi connectivity index (χ1) is 30.7. The van der Waals surface area contributed by atoms with Crippen molar-refractivity contribution in [3.63, 3.8) is 0 Å². The van der Waals surface area contributed by atoms with Crippen LogP contribution < -0.4 is 0 Å². The second-order valence-corrected chi connectivity index (χ2v) is 15.7. The fraction of sp³-hybridized carbons (Fsp3) is 0.0333. The summed E-state index contributed by atoms with van der Waals surface area (Å²) in [6.45, 7) is 0. The molecule has 0 amide bonds. The molecule has 294 valence electrons. The standard InChI is InChI=1S/C60H42O2/c61-59-55(51(45-33-17-5-18-34-45)46-35-19-6-20-36-46)53(49(41-25-9-1-10-26-41)42-27-11-2-12-28-42)57(59)58-54(50(43-29-13-3-14-30-43)44-31-15-4-16-32-44)56(60(58)62)52(47-37-21-7-22-38-47)48-39-23-8-24-40-48/h1-40,57-58H. The molecular formula is C60H42O2. The van der Waals surface area contributed by atoms with Crippen LogP contribution in [-0.2, 0) is 9.59 Å². The Labute approximate surface area is 363 Å². The van der Waals surface area contributed by atoms with Crippen molar-refractivity contribution in [3.05, 3.63) is 309 Å². The minimum absolute atomic E-state index is 0.0385. The molecule has 8 aromatic rings. The molecule has 2 nitrogen and oxygen atoms in total. The highest BCUT2D eigenvalue weighted by Crippen LogP contribution is 2.59. The number of allylic oxidation sites excluding steroid dienone is 4. The molecule has 0 bridgehead atoms. The number of hydrogen-bond donors (Lipinski definition) is 0. The molecular weight excluding hydrogens is 753 g/mol. The molecule has 2 fully saturated rings. The van der Waals surface area contributed by atoms with Gasteiger partial charge in [0, 0.05) is 22.3 Å². The molecule has 2 atom stereocenters. The zero-order valence-electron chi connectivity index (χ0n) is 34.1. The zero-order chi connectivity index (χ0) is 41.8. The van der Waals surface area contributed by atoms with Crippen molar-refractivity contribution in [1.29, 1.82) is 0 Å². The Morgan fingerprint density at radius 3 is 0.565 bits per heavy atom. The van der Waals surface area contributed by atoms with Gasteiger partial charge in [-0.25, -0.2) is 0 Å². The summed E-state index contributed by atoms with van der Waals surface area (Å²) in [6, 6.07) is 82.1. The third kappa shape index (κ3) is 6.92. The number of rotatable bonds is 9. The molecule has 0 heterocycles. The molecule has 0 saturated heterocycles. The molecule has 2 aliphatic rings. The van der Waals surface area contributed by atoms with E-state index in [0.717, 1.165) is 77.9 Å². The Bertz CT molecular complexity index is 2640. The Morgan fingerprint density at radius 1 is 0.226 bits per heavy atom. The molecule has 2 heteroatoms. The number of Topliss-reactive ketones (excluding diaryl/α,β-unsaturated/α-hetero) is 2. The molecule has 0 radical (unpaired) electrons. The van der Waals surface area contributed by atoms with Crippen molar-refractivity contribution in [2.24, 2.45) is 11.8 Å². The van der Waals surface area contributed by atoms with Gasteiger partial charge in [-0.3, -0.25) is 9.59 Å². The first-order valence-electron chi connectivity index (χ1n) is 21.2. The van der Waals surface area contributed by atoms with Crippen LogP contribution in [0.3, 0.4) is 0 Å². The second kappa shape index (κ2) is 17.0. The highest BCUT2D eigenvalue weighted by molar-refractivity contribution is 6.29. The van der Waals surface area contributed by atoms with Gasteiger partial charge in [-0.15, -0.1) is 0 Å². The quantitative estimate of drug-likeness (QED) is 0.136. The lowest BCUT2D eigenvalue weighted by Gasteiger charge is -2.47.